The summed E-state index contributed by atoms with van der Waals surface area (Å²) in [6.07, 6.45) is 1.70. The van der Waals surface area contributed by atoms with E-state index in [1.165, 1.54) is 6.92 Å². The maximum atomic E-state index is 12.4. The van der Waals surface area contributed by atoms with Crippen LogP contribution in [0.2, 0.25) is 0 Å². The highest BCUT2D eigenvalue weighted by molar-refractivity contribution is 5.97. The van der Waals surface area contributed by atoms with Crippen molar-refractivity contribution in [1.29, 1.82) is 0 Å². The summed E-state index contributed by atoms with van der Waals surface area (Å²) in [5.74, 6) is -0.0272. The number of carbonyl (C=O) groups excluding carboxylic acids is 2. The molecular weight excluding hydrogens is 288 g/mol. The second kappa shape index (κ2) is 7.94. The molecule has 0 atom stereocenters. The molecule has 118 valence electrons. The summed E-state index contributed by atoms with van der Waals surface area (Å²) < 4.78 is 0. The maximum absolute atomic E-state index is 12.4. The largest absolute Gasteiger partial charge is 0.376 e. The molecule has 0 saturated heterocycles. The van der Waals surface area contributed by atoms with Crippen molar-refractivity contribution in [1.82, 2.24) is 0 Å². The van der Waals surface area contributed by atoms with Crippen LogP contribution in [0, 0.1) is 0 Å². The Labute approximate surface area is 136 Å². The highest BCUT2D eigenvalue weighted by atomic mass is 16.2. The molecule has 4 nitrogen and oxygen atoms in total. The van der Waals surface area contributed by atoms with E-state index in [0.29, 0.717) is 12.1 Å². The van der Waals surface area contributed by atoms with Gasteiger partial charge in [0.15, 0.2) is 5.78 Å². The quantitative estimate of drug-likeness (QED) is 0.629. The van der Waals surface area contributed by atoms with Crippen molar-refractivity contribution in [2.24, 2.45) is 0 Å². The Hall–Kier alpha value is -2.88. The molecule has 2 aromatic carbocycles. The van der Waals surface area contributed by atoms with Gasteiger partial charge in [-0.05, 0) is 43.3 Å². The van der Waals surface area contributed by atoms with Crippen molar-refractivity contribution in [2.75, 3.05) is 23.3 Å². The van der Waals surface area contributed by atoms with E-state index in [2.05, 4.69) is 11.9 Å². The predicted molar refractivity (Wildman–Crippen MR) is 93.9 cm³/mol. The second-order valence-electron chi connectivity index (χ2n) is 5.12. The molecule has 23 heavy (non-hydrogen) atoms. The first-order valence-corrected chi connectivity index (χ1v) is 7.43. The number of carbonyl (C=O) groups is 2. The molecule has 0 aromatic heterocycles. The molecule has 0 radical (unpaired) electrons. The summed E-state index contributed by atoms with van der Waals surface area (Å²) in [6.45, 7) is 5.85. The highest BCUT2D eigenvalue weighted by Gasteiger charge is 2.13. The number of hydrogen-bond acceptors (Lipinski definition) is 3. The number of anilines is 2. The van der Waals surface area contributed by atoms with E-state index in [-0.39, 0.29) is 18.2 Å². The van der Waals surface area contributed by atoms with Crippen LogP contribution in [-0.2, 0) is 4.79 Å². The highest BCUT2D eigenvalue weighted by Crippen LogP contribution is 2.14. The zero-order valence-electron chi connectivity index (χ0n) is 13.2. The Morgan fingerprint density at radius 3 is 2.30 bits per heavy atom. The molecule has 1 N–H and O–H groups in total. The van der Waals surface area contributed by atoms with Crippen molar-refractivity contribution < 1.29 is 9.59 Å². The zero-order valence-corrected chi connectivity index (χ0v) is 13.2. The summed E-state index contributed by atoms with van der Waals surface area (Å²) in [5.41, 5.74) is 2.29. The summed E-state index contributed by atoms with van der Waals surface area (Å²) >= 11 is 0. The molecule has 2 rings (SSSR count). The smallest absolute Gasteiger partial charge is 0.246 e. The number of para-hydroxylation sites is 1. The van der Waals surface area contributed by atoms with E-state index < -0.39 is 0 Å². The third-order valence-corrected chi connectivity index (χ3v) is 3.42. The first-order valence-electron chi connectivity index (χ1n) is 7.43. The van der Waals surface area contributed by atoms with Crippen molar-refractivity contribution in [3.63, 3.8) is 0 Å². The Morgan fingerprint density at radius 2 is 1.74 bits per heavy atom. The molecule has 0 bridgehead atoms. The van der Waals surface area contributed by atoms with Gasteiger partial charge in [0.05, 0.1) is 6.54 Å². The standard InChI is InChI=1S/C19H20N2O2/c1-3-13-21(18-7-5-4-6-8-18)19(23)14-20-17-11-9-16(10-12-17)15(2)22/h3-12,20H,1,13-14H2,2H3. The molecule has 0 saturated carbocycles. The Balaban J connectivity index is 2.01. The van der Waals surface area contributed by atoms with Gasteiger partial charge in [0, 0.05) is 23.5 Å². The number of rotatable bonds is 7. The van der Waals surface area contributed by atoms with Gasteiger partial charge in [0.2, 0.25) is 5.91 Å². The Bertz CT molecular complexity index is 678. The molecule has 0 unspecified atom stereocenters. The van der Waals surface area contributed by atoms with E-state index in [0.717, 1.165) is 11.4 Å². The van der Waals surface area contributed by atoms with Crippen LogP contribution in [0.15, 0.2) is 67.3 Å². The van der Waals surface area contributed by atoms with Crippen LogP contribution in [0.5, 0.6) is 0 Å². The van der Waals surface area contributed by atoms with Gasteiger partial charge in [-0.2, -0.15) is 0 Å². The van der Waals surface area contributed by atoms with Crippen LogP contribution in [0.25, 0.3) is 0 Å². The van der Waals surface area contributed by atoms with E-state index in [4.69, 9.17) is 0 Å². The lowest BCUT2D eigenvalue weighted by atomic mass is 10.1. The molecule has 0 aliphatic heterocycles. The van der Waals surface area contributed by atoms with Gasteiger partial charge in [-0.15, -0.1) is 6.58 Å². The fourth-order valence-corrected chi connectivity index (χ4v) is 2.18. The fourth-order valence-electron chi connectivity index (χ4n) is 2.18. The molecule has 4 heteroatoms. The number of hydrogen-bond donors (Lipinski definition) is 1. The van der Waals surface area contributed by atoms with Gasteiger partial charge < -0.3 is 10.2 Å². The zero-order chi connectivity index (χ0) is 16.7. The van der Waals surface area contributed by atoms with E-state index in [9.17, 15) is 9.59 Å². The predicted octanol–water partition coefficient (Wildman–Crippen LogP) is 3.52. The number of amides is 1. The van der Waals surface area contributed by atoms with Crippen LogP contribution in [0.1, 0.15) is 17.3 Å². The molecule has 2 aromatic rings. The van der Waals surface area contributed by atoms with Gasteiger partial charge in [0.25, 0.3) is 0 Å². The van der Waals surface area contributed by atoms with E-state index in [1.807, 2.05) is 30.3 Å². The summed E-state index contributed by atoms with van der Waals surface area (Å²) in [6, 6.07) is 16.6. The lowest BCUT2D eigenvalue weighted by Gasteiger charge is -2.21. The summed E-state index contributed by atoms with van der Waals surface area (Å²) in [4.78, 5) is 25.4. The Kier molecular flexibility index (Phi) is 5.69. The topological polar surface area (TPSA) is 49.4 Å². The third kappa shape index (κ3) is 4.54. The maximum Gasteiger partial charge on any atom is 0.246 e. The van der Waals surface area contributed by atoms with Gasteiger partial charge in [0.1, 0.15) is 0 Å². The van der Waals surface area contributed by atoms with Crippen molar-refractivity contribution in [3.05, 3.63) is 72.8 Å². The van der Waals surface area contributed by atoms with Gasteiger partial charge in [-0.1, -0.05) is 24.3 Å². The van der Waals surface area contributed by atoms with Crippen LogP contribution < -0.4 is 10.2 Å². The molecular formula is C19H20N2O2. The van der Waals surface area contributed by atoms with Crippen LogP contribution in [-0.4, -0.2) is 24.8 Å². The minimum absolute atomic E-state index is 0.0221. The summed E-state index contributed by atoms with van der Waals surface area (Å²) in [7, 11) is 0. The first kappa shape index (κ1) is 16.5. The number of Topliss-reactive ketones (excluding diaryl/α,β-unsaturated/α-hetero) is 1. The SMILES string of the molecule is C=CCN(C(=O)CNc1ccc(C(C)=O)cc1)c1ccccc1. The Morgan fingerprint density at radius 1 is 1.09 bits per heavy atom. The molecule has 0 fully saturated rings. The molecule has 0 aliphatic rings. The van der Waals surface area contributed by atoms with Crippen molar-refractivity contribution in [2.45, 2.75) is 6.92 Å². The number of nitrogens with one attached hydrogen (secondary N) is 1. The van der Waals surface area contributed by atoms with Crippen LogP contribution in [0.3, 0.4) is 0 Å². The molecule has 0 heterocycles. The average Bonchev–Trinajstić information content (AvgIpc) is 2.58. The lowest BCUT2D eigenvalue weighted by molar-refractivity contribution is -0.116. The average molecular weight is 308 g/mol. The third-order valence-electron chi connectivity index (χ3n) is 3.42. The van der Waals surface area contributed by atoms with Crippen molar-refractivity contribution in [3.8, 4) is 0 Å². The number of nitrogens with zero attached hydrogens (tertiary/aromatic N) is 1. The first-order chi connectivity index (χ1) is 11.1. The lowest BCUT2D eigenvalue weighted by Crippen LogP contribution is -2.35. The minimum atomic E-state index is -0.0493. The van der Waals surface area contributed by atoms with Gasteiger partial charge >= 0.3 is 0 Å². The number of benzene rings is 2. The second-order valence-corrected chi connectivity index (χ2v) is 5.12. The van der Waals surface area contributed by atoms with Crippen molar-refractivity contribution >= 4 is 23.1 Å². The van der Waals surface area contributed by atoms with Crippen LogP contribution in [0.4, 0.5) is 11.4 Å². The molecule has 0 aliphatic carbocycles. The fraction of sp³-hybridized carbons (Fsp3) is 0.158. The summed E-state index contributed by atoms with van der Waals surface area (Å²) in [5, 5.41) is 3.08. The normalized spacial score (nSPS) is 9.96. The number of ketones is 1. The monoisotopic (exact) mass is 308 g/mol. The molecule has 1 amide bonds. The van der Waals surface area contributed by atoms with E-state index >= 15 is 0 Å². The van der Waals surface area contributed by atoms with E-state index in [1.54, 1.807) is 35.2 Å². The van der Waals surface area contributed by atoms with Gasteiger partial charge in [-0.25, -0.2) is 0 Å². The molecule has 0 spiro atoms. The van der Waals surface area contributed by atoms with Gasteiger partial charge in [-0.3, -0.25) is 9.59 Å². The van der Waals surface area contributed by atoms with Crippen LogP contribution >= 0.6 is 0 Å². The minimum Gasteiger partial charge on any atom is -0.376 e.